The molecule has 0 radical (unpaired) electrons. The van der Waals surface area contributed by atoms with Gasteiger partial charge in [0.2, 0.25) is 0 Å². The third kappa shape index (κ3) is 2.98. The molecule has 13 heavy (non-hydrogen) atoms. The fraction of sp³-hybridized carbons (Fsp3) is 1.00. The van der Waals surface area contributed by atoms with Crippen molar-refractivity contribution in [1.29, 1.82) is 0 Å². The molecular weight excluding hydrogens is 158 g/mol. The third-order valence-corrected chi connectivity index (χ3v) is 3.69. The summed E-state index contributed by atoms with van der Waals surface area (Å²) in [5.41, 5.74) is 6.45. The number of hydrogen-bond acceptors (Lipinski definition) is 1. The molecule has 0 aromatic heterocycles. The fourth-order valence-corrected chi connectivity index (χ4v) is 2.76. The summed E-state index contributed by atoms with van der Waals surface area (Å²) < 4.78 is 0. The SMILES string of the molecule is CCCCCC1(CN)CCC(C)C1. The average molecular weight is 183 g/mol. The van der Waals surface area contributed by atoms with Crippen LogP contribution in [-0.2, 0) is 0 Å². The molecular formula is C12H25N. The largest absolute Gasteiger partial charge is 0.330 e. The molecule has 78 valence electrons. The number of unbranched alkanes of at least 4 members (excludes halogenated alkanes) is 2. The van der Waals surface area contributed by atoms with Crippen LogP contribution in [0.4, 0.5) is 0 Å². The lowest BCUT2D eigenvalue weighted by molar-refractivity contribution is 0.263. The first kappa shape index (κ1) is 11.0. The molecule has 2 unspecified atom stereocenters. The van der Waals surface area contributed by atoms with Gasteiger partial charge in [0.15, 0.2) is 0 Å². The van der Waals surface area contributed by atoms with Gasteiger partial charge in [-0.15, -0.1) is 0 Å². The molecule has 1 aliphatic carbocycles. The van der Waals surface area contributed by atoms with Gasteiger partial charge in [-0.1, -0.05) is 39.5 Å². The van der Waals surface area contributed by atoms with Crippen molar-refractivity contribution in [2.45, 2.75) is 58.8 Å². The van der Waals surface area contributed by atoms with Crippen molar-refractivity contribution in [3.63, 3.8) is 0 Å². The molecule has 0 heterocycles. The Morgan fingerprint density at radius 1 is 1.38 bits per heavy atom. The first-order valence-corrected chi connectivity index (χ1v) is 5.92. The predicted octanol–water partition coefficient (Wildman–Crippen LogP) is 3.33. The van der Waals surface area contributed by atoms with E-state index < -0.39 is 0 Å². The van der Waals surface area contributed by atoms with Gasteiger partial charge in [0.1, 0.15) is 0 Å². The summed E-state index contributed by atoms with van der Waals surface area (Å²) in [7, 11) is 0. The zero-order valence-electron chi connectivity index (χ0n) is 9.31. The van der Waals surface area contributed by atoms with Crippen molar-refractivity contribution < 1.29 is 0 Å². The molecule has 1 rings (SSSR count). The van der Waals surface area contributed by atoms with E-state index in [1.165, 1.54) is 44.9 Å². The lowest BCUT2D eigenvalue weighted by Crippen LogP contribution is -2.27. The minimum Gasteiger partial charge on any atom is -0.330 e. The van der Waals surface area contributed by atoms with E-state index in [1.54, 1.807) is 0 Å². The van der Waals surface area contributed by atoms with Crippen LogP contribution >= 0.6 is 0 Å². The second-order valence-electron chi connectivity index (χ2n) is 5.01. The fourth-order valence-electron chi connectivity index (χ4n) is 2.76. The van der Waals surface area contributed by atoms with Crippen LogP contribution in [-0.4, -0.2) is 6.54 Å². The lowest BCUT2D eigenvalue weighted by atomic mass is 9.80. The van der Waals surface area contributed by atoms with Crippen LogP contribution in [0, 0.1) is 11.3 Å². The van der Waals surface area contributed by atoms with Gasteiger partial charge in [-0.2, -0.15) is 0 Å². The average Bonchev–Trinajstić information content (AvgIpc) is 2.49. The Bertz CT molecular complexity index is 144. The minimum absolute atomic E-state index is 0.536. The Morgan fingerprint density at radius 2 is 2.15 bits per heavy atom. The van der Waals surface area contributed by atoms with Crippen LogP contribution in [0.5, 0.6) is 0 Å². The Morgan fingerprint density at radius 3 is 2.62 bits per heavy atom. The second-order valence-corrected chi connectivity index (χ2v) is 5.01. The van der Waals surface area contributed by atoms with E-state index in [1.807, 2.05) is 0 Å². The maximum Gasteiger partial charge on any atom is -0.00204 e. The summed E-state index contributed by atoms with van der Waals surface area (Å²) in [4.78, 5) is 0. The lowest BCUT2D eigenvalue weighted by Gasteiger charge is -2.27. The van der Waals surface area contributed by atoms with Crippen molar-refractivity contribution in [3.8, 4) is 0 Å². The molecule has 0 saturated heterocycles. The van der Waals surface area contributed by atoms with Crippen LogP contribution in [0.2, 0.25) is 0 Å². The van der Waals surface area contributed by atoms with Gasteiger partial charge in [0.05, 0.1) is 0 Å². The van der Waals surface area contributed by atoms with E-state index in [0.29, 0.717) is 5.41 Å². The quantitative estimate of drug-likeness (QED) is 0.650. The second kappa shape index (κ2) is 4.99. The van der Waals surface area contributed by atoms with E-state index in [0.717, 1.165) is 12.5 Å². The van der Waals surface area contributed by atoms with E-state index in [2.05, 4.69) is 13.8 Å². The van der Waals surface area contributed by atoms with Gasteiger partial charge in [0, 0.05) is 0 Å². The number of hydrogen-bond donors (Lipinski definition) is 1. The number of rotatable bonds is 5. The van der Waals surface area contributed by atoms with Crippen LogP contribution in [0.3, 0.4) is 0 Å². The Balaban J connectivity index is 2.32. The van der Waals surface area contributed by atoms with Gasteiger partial charge in [-0.05, 0) is 37.1 Å². The first-order chi connectivity index (χ1) is 6.22. The highest BCUT2D eigenvalue weighted by Gasteiger charge is 2.35. The van der Waals surface area contributed by atoms with Crippen molar-refractivity contribution in [3.05, 3.63) is 0 Å². The highest BCUT2D eigenvalue weighted by Crippen LogP contribution is 2.44. The van der Waals surface area contributed by atoms with Gasteiger partial charge in [-0.3, -0.25) is 0 Å². The van der Waals surface area contributed by atoms with E-state index >= 15 is 0 Å². The van der Waals surface area contributed by atoms with Gasteiger partial charge < -0.3 is 5.73 Å². The van der Waals surface area contributed by atoms with Crippen LogP contribution in [0.25, 0.3) is 0 Å². The van der Waals surface area contributed by atoms with E-state index in [4.69, 9.17) is 5.73 Å². The third-order valence-electron chi connectivity index (χ3n) is 3.69. The molecule has 0 aromatic carbocycles. The molecule has 0 bridgehead atoms. The minimum atomic E-state index is 0.536. The van der Waals surface area contributed by atoms with Crippen molar-refractivity contribution >= 4 is 0 Å². The van der Waals surface area contributed by atoms with E-state index in [9.17, 15) is 0 Å². The molecule has 1 aliphatic rings. The molecule has 1 nitrogen and oxygen atoms in total. The summed E-state index contributed by atoms with van der Waals surface area (Å²) in [5, 5.41) is 0. The summed E-state index contributed by atoms with van der Waals surface area (Å²) >= 11 is 0. The zero-order chi connectivity index (χ0) is 9.73. The molecule has 2 N–H and O–H groups in total. The standard InChI is InChI=1S/C12H25N/c1-3-4-5-7-12(10-13)8-6-11(2)9-12/h11H,3-10,13H2,1-2H3. The van der Waals surface area contributed by atoms with Crippen LogP contribution in [0.1, 0.15) is 58.8 Å². The van der Waals surface area contributed by atoms with Gasteiger partial charge in [0.25, 0.3) is 0 Å². The zero-order valence-corrected chi connectivity index (χ0v) is 9.31. The molecule has 0 spiro atoms. The van der Waals surface area contributed by atoms with Crippen molar-refractivity contribution in [1.82, 2.24) is 0 Å². The Hall–Kier alpha value is -0.0400. The summed E-state index contributed by atoms with van der Waals surface area (Å²) in [6, 6.07) is 0. The molecule has 1 heteroatoms. The highest BCUT2D eigenvalue weighted by molar-refractivity contribution is 4.88. The molecule has 1 fully saturated rings. The molecule has 0 aliphatic heterocycles. The van der Waals surface area contributed by atoms with E-state index in [-0.39, 0.29) is 0 Å². The monoisotopic (exact) mass is 183 g/mol. The summed E-state index contributed by atoms with van der Waals surface area (Å²) in [6.07, 6.45) is 9.65. The maximum absolute atomic E-state index is 5.91. The molecule has 0 aromatic rings. The molecule has 2 atom stereocenters. The van der Waals surface area contributed by atoms with Gasteiger partial charge in [-0.25, -0.2) is 0 Å². The molecule has 1 saturated carbocycles. The summed E-state index contributed by atoms with van der Waals surface area (Å²) in [6.45, 7) is 5.56. The normalized spacial score (nSPS) is 33.9. The Labute approximate surface area is 83.1 Å². The van der Waals surface area contributed by atoms with Crippen LogP contribution < -0.4 is 5.73 Å². The van der Waals surface area contributed by atoms with Crippen molar-refractivity contribution in [2.75, 3.05) is 6.54 Å². The molecule has 0 amide bonds. The summed E-state index contributed by atoms with van der Waals surface area (Å²) in [5.74, 6) is 0.921. The van der Waals surface area contributed by atoms with Gasteiger partial charge >= 0.3 is 0 Å². The Kier molecular flexibility index (Phi) is 4.24. The first-order valence-electron chi connectivity index (χ1n) is 5.92. The smallest absolute Gasteiger partial charge is 0.00204 e. The highest BCUT2D eigenvalue weighted by atomic mass is 14.6. The number of nitrogens with two attached hydrogens (primary N) is 1. The van der Waals surface area contributed by atoms with Crippen molar-refractivity contribution in [2.24, 2.45) is 17.1 Å². The predicted molar refractivity (Wildman–Crippen MR) is 58.6 cm³/mol. The van der Waals surface area contributed by atoms with Crippen LogP contribution in [0.15, 0.2) is 0 Å². The maximum atomic E-state index is 5.91. The topological polar surface area (TPSA) is 26.0 Å².